The number of nitrogens with one attached hydrogen (secondary N) is 1. The molecule has 2 aromatic carbocycles. The number of carbonyl (C=O) groups excluding carboxylic acids is 1. The average molecular weight is 313 g/mol. The Balaban J connectivity index is 2.02. The van der Waals surface area contributed by atoms with E-state index in [9.17, 15) is 4.79 Å². The summed E-state index contributed by atoms with van der Waals surface area (Å²) in [5, 5.41) is 2.94. The molecule has 112 valence electrons. The van der Waals surface area contributed by atoms with Crippen LogP contribution < -0.4 is 10.1 Å². The lowest BCUT2D eigenvalue weighted by molar-refractivity contribution is 0.102. The normalized spacial score (nSPS) is 10.7. The highest BCUT2D eigenvalue weighted by Gasteiger charge is 2.17. The van der Waals surface area contributed by atoms with Crippen molar-refractivity contribution in [1.82, 2.24) is 8.75 Å². The molecule has 3 rings (SSSR count). The topological polar surface area (TPSA) is 64.1 Å². The van der Waals surface area contributed by atoms with Crippen LogP contribution in [0.15, 0.2) is 30.3 Å². The number of carbonyl (C=O) groups is 1. The van der Waals surface area contributed by atoms with Gasteiger partial charge in [-0.3, -0.25) is 4.79 Å². The van der Waals surface area contributed by atoms with Gasteiger partial charge in [-0.05, 0) is 37.1 Å². The minimum Gasteiger partial charge on any atom is -0.496 e. The highest BCUT2D eigenvalue weighted by molar-refractivity contribution is 7.00. The highest BCUT2D eigenvalue weighted by atomic mass is 32.1. The number of aryl methyl sites for hydroxylation is 2. The standard InChI is InChI=1S/C16H15N3O2S/c1-9-7-8-12-14(19-22-18-12)13(9)17-16(20)11-6-4-5-10(2)15(11)21-3/h4-8H,1-3H3,(H,17,20). The van der Waals surface area contributed by atoms with Crippen LogP contribution in [-0.2, 0) is 0 Å². The Morgan fingerprint density at radius 1 is 1.14 bits per heavy atom. The molecule has 0 atom stereocenters. The van der Waals surface area contributed by atoms with Gasteiger partial charge in [0.15, 0.2) is 0 Å². The zero-order valence-electron chi connectivity index (χ0n) is 12.5. The number of fused-ring (bicyclic) bond motifs is 1. The van der Waals surface area contributed by atoms with E-state index in [1.807, 2.05) is 38.1 Å². The predicted octanol–water partition coefficient (Wildman–Crippen LogP) is 3.57. The number of benzene rings is 2. The van der Waals surface area contributed by atoms with E-state index < -0.39 is 0 Å². The van der Waals surface area contributed by atoms with Crippen molar-refractivity contribution >= 4 is 34.4 Å². The van der Waals surface area contributed by atoms with E-state index in [2.05, 4.69) is 14.1 Å². The van der Waals surface area contributed by atoms with E-state index in [0.29, 0.717) is 22.5 Å². The summed E-state index contributed by atoms with van der Waals surface area (Å²) in [6.45, 7) is 3.84. The summed E-state index contributed by atoms with van der Waals surface area (Å²) in [6.07, 6.45) is 0. The molecule has 0 aliphatic heterocycles. The summed E-state index contributed by atoms with van der Waals surface area (Å²) in [4.78, 5) is 12.6. The number of methoxy groups -OCH3 is 1. The lowest BCUT2D eigenvalue weighted by Gasteiger charge is -2.13. The monoisotopic (exact) mass is 313 g/mol. The van der Waals surface area contributed by atoms with Gasteiger partial charge in [-0.15, -0.1) is 0 Å². The second-order valence-electron chi connectivity index (χ2n) is 5.00. The minimum atomic E-state index is -0.218. The SMILES string of the molecule is COc1c(C)cccc1C(=O)Nc1c(C)ccc2nsnc12. The van der Waals surface area contributed by atoms with Gasteiger partial charge in [-0.1, -0.05) is 18.2 Å². The molecule has 0 spiro atoms. The van der Waals surface area contributed by atoms with Gasteiger partial charge in [0.2, 0.25) is 0 Å². The fraction of sp³-hybridized carbons (Fsp3) is 0.188. The molecule has 0 bridgehead atoms. The molecule has 22 heavy (non-hydrogen) atoms. The first-order valence-electron chi connectivity index (χ1n) is 6.78. The third kappa shape index (κ3) is 2.42. The van der Waals surface area contributed by atoms with Gasteiger partial charge in [-0.25, -0.2) is 0 Å². The lowest BCUT2D eigenvalue weighted by atomic mass is 10.1. The third-order valence-corrected chi connectivity index (χ3v) is 4.08. The molecule has 0 saturated heterocycles. The fourth-order valence-electron chi connectivity index (χ4n) is 2.39. The van der Waals surface area contributed by atoms with E-state index in [4.69, 9.17) is 4.74 Å². The smallest absolute Gasteiger partial charge is 0.259 e. The zero-order chi connectivity index (χ0) is 15.7. The molecule has 0 radical (unpaired) electrons. The minimum absolute atomic E-state index is 0.218. The van der Waals surface area contributed by atoms with Gasteiger partial charge < -0.3 is 10.1 Å². The summed E-state index contributed by atoms with van der Waals surface area (Å²) in [6, 6.07) is 9.32. The first-order chi connectivity index (χ1) is 10.6. The Morgan fingerprint density at radius 3 is 2.73 bits per heavy atom. The van der Waals surface area contributed by atoms with Crippen molar-refractivity contribution in [2.24, 2.45) is 0 Å². The molecule has 1 N–H and O–H groups in total. The van der Waals surface area contributed by atoms with Crippen LogP contribution in [0.1, 0.15) is 21.5 Å². The molecule has 1 amide bonds. The maximum Gasteiger partial charge on any atom is 0.259 e. The van der Waals surface area contributed by atoms with Gasteiger partial charge in [0, 0.05) is 0 Å². The van der Waals surface area contributed by atoms with Crippen LogP contribution in [0, 0.1) is 13.8 Å². The Bertz CT molecular complexity index is 858. The van der Waals surface area contributed by atoms with Crippen LogP contribution in [0.4, 0.5) is 5.69 Å². The van der Waals surface area contributed by atoms with Crippen molar-refractivity contribution in [3.05, 3.63) is 47.0 Å². The number of anilines is 1. The number of amides is 1. The summed E-state index contributed by atoms with van der Waals surface area (Å²) in [7, 11) is 1.56. The lowest BCUT2D eigenvalue weighted by Crippen LogP contribution is -2.14. The molecule has 1 aromatic heterocycles. The molecule has 6 heteroatoms. The third-order valence-electron chi connectivity index (χ3n) is 3.54. The molecule has 0 aliphatic carbocycles. The van der Waals surface area contributed by atoms with Crippen LogP contribution in [0.25, 0.3) is 11.0 Å². The van der Waals surface area contributed by atoms with E-state index in [1.54, 1.807) is 13.2 Å². The quantitative estimate of drug-likeness (QED) is 0.803. The summed E-state index contributed by atoms with van der Waals surface area (Å²) < 4.78 is 13.8. The van der Waals surface area contributed by atoms with Crippen LogP contribution in [-0.4, -0.2) is 21.8 Å². The number of ether oxygens (including phenoxy) is 1. The van der Waals surface area contributed by atoms with Crippen molar-refractivity contribution in [2.75, 3.05) is 12.4 Å². The van der Waals surface area contributed by atoms with Crippen LogP contribution in [0.3, 0.4) is 0 Å². The van der Waals surface area contributed by atoms with Crippen LogP contribution in [0.5, 0.6) is 5.75 Å². The Morgan fingerprint density at radius 2 is 1.95 bits per heavy atom. The molecule has 0 aliphatic rings. The Kier molecular flexibility index (Phi) is 3.77. The van der Waals surface area contributed by atoms with E-state index in [1.165, 1.54) is 0 Å². The van der Waals surface area contributed by atoms with Crippen molar-refractivity contribution in [3.63, 3.8) is 0 Å². The first kappa shape index (κ1) is 14.5. The highest BCUT2D eigenvalue weighted by Crippen LogP contribution is 2.28. The van der Waals surface area contributed by atoms with Crippen molar-refractivity contribution < 1.29 is 9.53 Å². The second-order valence-corrected chi connectivity index (χ2v) is 5.53. The van der Waals surface area contributed by atoms with Crippen molar-refractivity contribution in [3.8, 4) is 5.75 Å². The molecule has 1 heterocycles. The molecule has 0 fully saturated rings. The Hall–Kier alpha value is -2.47. The van der Waals surface area contributed by atoms with E-state index in [-0.39, 0.29) is 5.91 Å². The molecule has 3 aromatic rings. The van der Waals surface area contributed by atoms with Gasteiger partial charge in [0.05, 0.1) is 30.1 Å². The maximum absolute atomic E-state index is 12.6. The zero-order valence-corrected chi connectivity index (χ0v) is 13.3. The maximum atomic E-state index is 12.6. The van der Waals surface area contributed by atoms with E-state index in [0.717, 1.165) is 28.4 Å². The molecule has 5 nitrogen and oxygen atoms in total. The van der Waals surface area contributed by atoms with Gasteiger partial charge >= 0.3 is 0 Å². The van der Waals surface area contributed by atoms with Crippen LogP contribution >= 0.6 is 11.7 Å². The number of para-hydroxylation sites is 1. The Labute approximate surface area is 132 Å². The largest absolute Gasteiger partial charge is 0.496 e. The molecule has 0 unspecified atom stereocenters. The summed E-state index contributed by atoms with van der Waals surface area (Å²) in [5.41, 5.74) is 4.55. The molecule has 0 saturated carbocycles. The average Bonchev–Trinajstić information content (AvgIpc) is 2.98. The van der Waals surface area contributed by atoms with Crippen LogP contribution in [0.2, 0.25) is 0 Å². The number of hydrogen-bond donors (Lipinski definition) is 1. The van der Waals surface area contributed by atoms with Gasteiger partial charge in [-0.2, -0.15) is 8.75 Å². The fourth-order valence-corrected chi connectivity index (χ4v) is 2.94. The summed E-state index contributed by atoms with van der Waals surface area (Å²) >= 11 is 1.13. The molecular formula is C16H15N3O2S. The first-order valence-corrected chi connectivity index (χ1v) is 7.51. The van der Waals surface area contributed by atoms with Crippen molar-refractivity contribution in [1.29, 1.82) is 0 Å². The van der Waals surface area contributed by atoms with Gasteiger partial charge in [0.1, 0.15) is 16.8 Å². The van der Waals surface area contributed by atoms with E-state index >= 15 is 0 Å². The number of nitrogens with zero attached hydrogens (tertiary/aromatic N) is 2. The second kappa shape index (κ2) is 5.73. The van der Waals surface area contributed by atoms with Crippen molar-refractivity contribution in [2.45, 2.75) is 13.8 Å². The number of hydrogen-bond acceptors (Lipinski definition) is 5. The number of aromatic nitrogens is 2. The summed E-state index contributed by atoms with van der Waals surface area (Å²) in [5.74, 6) is 0.366. The van der Waals surface area contributed by atoms with Gasteiger partial charge in [0.25, 0.3) is 5.91 Å². The number of rotatable bonds is 3. The molecular weight excluding hydrogens is 298 g/mol. The predicted molar refractivity (Wildman–Crippen MR) is 87.8 cm³/mol.